The molecule has 5 nitrogen and oxygen atoms in total. The van der Waals surface area contributed by atoms with Crippen molar-refractivity contribution in [3.63, 3.8) is 0 Å². The molecular weight excluding hydrogens is 240 g/mol. The first-order chi connectivity index (χ1) is 9.22. The van der Waals surface area contributed by atoms with Gasteiger partial charge in [0.25, 0.3) is 0 Å². The summed E-state index contributed by atoms with van der Waals surface area (Å²) in [4.78, 5) is 11.9. The van der Waals surface area contributed by atoms with E-state index in [4.69, 9.17) is 0 Å². The molecule has 2 aromatic rings. The van der Waals surface area contributed by atoms with Gasteiger partial charge in [-0.25, -0.2) is 0 Å². The second-order valence-corrected chi connectivity index (χ2v) is 4.95. The average molecular weight is 256 g/mol. The van der Waals surface area contributed by atoms with Gasteiger partial charge in [0.15, 0.2) is 0 Å². The van der Waals surface area contributed by atoms with Crippen LogP contribution >= 0.6 is 0 Å². The van der Waals surface area contributed by atoms with Crippen LogP contribution in [-0.2, 0) is 11.8 Å². The number of ketones is 1. The van der Waals surface area contributed by atoms with Crippen LogP contribution in [0.4, 0.5) is 0 Å². The van der Waals surface area contributed by atoms with Crippen molar-refractivity contribution in [3.05, 3.63) is 47.8 Å². The number of nitrogens with zero attached hydrogens (tertiary/aromatic N) is 3. The number of Topliss-reactive ketones (excluding diaryl/α,β-unsaturated/α-hetero) is 1. The second-order valence-electron chi connectivity index (χ2n) is 4.95. The molecule has 0 saturated carbocycles. The number of aryl methyl sites for hydroxylation is 1. The minimum atomic E-state index is -0.0415. The number of carbonyl (C=O) groups excluding carboxylic acids is 1. The van der Waals surface area contributed by atoms with Crippen LogP contribution in [0.3, 0.4) is 0 Å². The van der Waals surface area contributed by atoms with Gasteiger partial charge in [-0.05, 0) is 5.56 Å². The molecule has 2 heterocycles. The van der Waals surface area contributed by atoms with Crippen LogP contribution < -0.4 is 5.32 Å². The van der Waals surface area contributed by atoms with Crippen LogP contribution in [0.25, 0.3) is 0 Å². The molecule has 0 spiro atoms. The standard InChI is InChI=1S/C14H16N4O/c1-18-9-14(16-17-18)13-8-11(19)7-12(15-13)10-5-3-2-4-6-10/h2-6,9,12-13,15H,7-8H2,1H3/t12-,13+/m1/s1. The van der Waals surface area contributed by atoms with E-state index in [0.717, 1.165) is 11.3 Å². The molecule has 0 bridgehead atoms. The Morgan fingerprint density at radius 3 is 2.63 bits per heavy atom. The number of hydrogen-bond acceptors (Lipinski definition) is 4. The minimum Gasteiger partial charge on any atom is -0.301 e. The van der Waals surface area contributed by atoms with Crippen LogP contribution in [0.1, 0.15) is 36.2 Å². The molecule has 5 heteroatoms. The second kappa shape index (κ2) is 4.93. The Kier molecular flexibility index (Phi) is 3.13. The van der Waals surface area contributed by atoms with Gasteiger partial charge in [-0.2, -0.15) is 0 Å². The summed E-state index contributed by atoms with van der Waals surface area (Å²) in [7, 11) is 1.83. The van der Waals surface area contributed by atoms with E-state index in [9.17, 15) is 4.79 Å². The van der Waals surface area contributed by atoms with Gasteiger partial charge < -0.3 is 5.32 Å². The first-order valence-electron chi connectivity index (χ1n) is 6.41. The molecule has 3 rings (SSSR count). The van der Waals surface area contributed by atoms with Gasteiger partial charge in [0, 0.05) is 32.1 Å². The summed E-state index contributed by atoms with van der Waals surface area (Å²) in [5, 5.41) is 11.5. The number of aromatic nitrogens is 3. The Hall–Kier alpha value is -2.01. The summed E-state index contributed by atoms with van der Waals surface area (Å²) in [5.41, 5.74) is 1.97. The Morgan fingerprint density at radius 2 is 1.95 bits per heavy atom. The zero-order chi connectivity index (χ0) is 13.2. The number of piperidine rings is 1. The molecule has 1 saturated heterocycles. The van der Waals surface area contributed by atoms with Crippen molar-refractivity contribution in [1.82, 2.24) is 20.3 Å². The monoisotopic (exact) mass is 256 g/mol. The molecule has 1 fully saturated rings. The molecule has 1 aromatic carbocycles. The van der Waals surface area contributed by atoms with Crippen LogP contribution in [0.15, 0.2) is 36.5 Å². The zero-order valence-electron chi connectivity index (χ0n) is 10.8. The minimum absolute atomic E-state index is 0.0415. The van der Waals surface area contributed by atoms with Crippen LogP contribution in [0.5, 0.6) is 0 Å². The van der Waals surface area contributed by atoms with Gasteiger partial charge in [-0.3, -0.25) is 9.48 Å². The number of rotatable bonds is 2. The molecule has 19 heavy (non-hydrogen) atoms. The maximum Gasteiger partial charge on any atom is 0.136 e. The maximum absolute atomic E-state index is 11.9. The van der Waals surface area contributed by atoms with Crippen molar-refractivity contribution >= 4 is 5.78 Å². The van der Waals surface area contributed by atoms with Gasteiger partial charge in [0.2, 0.25) is 0 Å². The van der Waals surface area contributed by atoms with Gasteiger partial charge in [-0.15, -0.1) is 5.10 Å². The fraction of sp³-hybridized carbons (Fsp3) is 0.357. The number of carbonyl (C=O) groups is 1. The zero-order valence-corrected chi connectivity index (χ0v) is 10.8. The normalized spacial score (nSPS) is 23.5. The van der Waals surface area contributed by atoms with Crippen LogP contribution in [0, 0.1) is 0 Å². The number of benzene rings is 1. The van der Waals surface area contributed by atoms with Gasteiger partial charge in [0.1, 0.15) is 11.5 Å². The largest absolute Gasteiger partial charge is 0.301 e. The third-order valence-corrected chi connectivity index (χ3v) is 3.45. The van der Waals surface area contributed by atoms with Crippen LogP contribution in [-0.4, -0.2) is 20.8 Å². The van der Waals surface area contributed by atoms with Crippen molar-refractivity contribution in [2.45, 2.75) is 24.9 Å². The van der Waals surface area contributed by atoms with Crippen LogP contribution in [0.2, 0.25) is 0 Å². The Morgan fingerprint density at radius 1 is 1.21 bits per heavy atom. The third-order valence-electron chi connectivity index (χ3n) is 3.45. The topological polar surface area (TPSA) is 59.8 Å². The summed E-state index contributed by atoms with van der Waals surface area (Å²) in [6.45, 7) is 0. The van der Waals surface area contributed by atoms with Gasteiger partial charge >= 0.3 is 0 Å². The summed E-state index contributed by atoms with van der Waals surface area (Å²) >= 11 is 0. The maximum atomic E-state index is 11.9. The van der Waals surface area contributed by atoms with Crippen molar-refractivity contribution in [2.24, 2.45) is 7.05 Å². The lowest BCUT2D eigenvalue weighted by atomic mass is 9.91. The Labute approximate surface area is 111 Å². The quantitative estimate of drug-likeness (QED) is 0.885. The highest BCUT2D eigenvalue weighted by Crippen LogP contribution is 2.29. The van der Waals surface area contributed by atoms with E-state index in [1.807, 2.05) is 43.6 Å². The summed E-state index contributed by atoms with van der Waals surface area (Å²) in [6, 6.07) is 10.1. The van der Waals surface area contributed by atoms with E-state index in [0.29, 0.717) is 12.8 Å². The third kappa shape index (κ3) is 2.56. The number of nitrogens with one attached hydrogen (secondary N) is 1. The van der Waals surface area contributed by atoms with Gasteiger partial charge in [-0.1, -0.05) is 35.5 Å². The van der Waals surface area contributed by atoms with E-state index in [1.165, 1.54) is 0 Å². The fourth-order valence-electron chi connectivity index (χ4n) is 2.51. The highest BCUT2D eigenvalue weighted by atomic mass is 16.1. The molecule has 1 aromatic heterocycles. The Balaban J connectivity index is 1.83. The van der Waals surface area contributed by atoms with Crippen molar-refractivity contribution in [3.8, 4) is 0 Å². The van der Waals surface area contributed by atoms with E-state index >= 15 is 0 Å². The lowest BCUT2D eigenvalue weighted by molar-refractivity contribution is -0.121. The predicted octanol–water partition coefficient (Wildman–Crippen LogP) is 1.55. The lowest BCUT2D eigenvalue weighted by Gasteiger charge is -2.29. The molecule has 2 atom stereocenters. The SMILES string of the molecule is Cn1cc([C@@H]2CC(=O)C[C@H](c3ccccc3)N2)nn1. The molecule has 1 aliphatic rings. The predicted molar refractivity (Wildman–Crippen MR) is 70.3 cm³/mol. The van der Waals surface area contributed by atoms with Crippen molar-refractivity contribution in [1.29, 1.82) is 0 Å². The van der Waals surface area contributed by atoms with E-state index in [-0.39, 0.29) is 17.9 Å². The molecule has 1 N–H and O–H groups in total. The summed E-state index contributed by atoms with van der Waals surface area (Å²) in [5.74, 6) is 0.267. The lowest BCUT2D eigenvalue weighted by Crippen LogP contribution is -2.35. The van der Waals surface area contributed by atoms with E-state index in [1.54, 1.807) is 4.68 Å². The van der Waals surface area contributed by atoms with E-state index in [2.05, 4.69) is 15.6 Å². The van der Waals surface area contributed by atoms with Crippen molar-refractivity contribution < 1.29 is 4.79 Å². The Bertz CT molecular complexity index is 578. The molecule has 98 valence electrons. The number of hydrogen-bond donors (Lipinski definition) is 1. The molecule has 1 aliphatic heterocycles. The molecule has 0 unspecified atom stereocenters. The first kappa shape index (κ1) is 12.0. The molecule has 0 aliphatic carbocycles. The highest BCUT2D eigenvalue weighted by Gasteiger charge is 2.29. The molecule has 0 radical (unpaired) electrons. The summed E-state index contributed by atoms with van der Waals surface area (Å²) in [6.07, 6.45) is 2.89. The molecular formula is C14H16N4O. The molecule has 0 amide bonds. The fourth-order valence-corrected chi connectivity index (χ4v) is 2.51. The van der Waals surface area contributed by atoms with E-state index < -0.39 is 0 Å². The van der Waals surface area contributed by atoms with Gasteiger partial charge in [0.05, 0.1) is 6.04 Å². The first-order valence-corrected chi connectivity index (χ1v) is 6.41. The summed E-state index contributed by atoms with van der Waals surface area (Å²) < 4.78 is 1.66. The highest BCUT2D eigenvalue weighted by molar-refractivity contribution is 5.81. The smallest absolute Gasteiger partial charge is 0.136 e. The average Bonchev–Trinajstić information content (AvgIpc) is 2.86. The van der Waals surface area contributed by atoms with Crippen molar-refractivity contribution in [2.75, 3.05) is 0 Å².